The maximum absolute atomic E-state index is 16.3. The number of ketones is 2. The van der Waals surface area contributed by atoms with Gasteiger partial charge in [0.25, 0.3) is 0 Å². The maximum atomic E-state index is 16.3. The number of carbonyl (C=O) groups is 2. The summed E-state index contributed by atoms with van der Waals surface area (Å²) in [6.07, 6.45) is 18.8. The lowest BCUT2D eigenvalue weighted by molar-refractivity contribution is -0.237. The van der Waals surface area contributed by atoms with E-state index in [-0.39, 0.29) is 102 Å². The van der Waals surface area contributed by atoms with Crippen LogP contribution in [0.1, 0.15) is 191 Å². The molecule has 9 N–H and O–H groups in total. The van der Waals surface area contributed by atoms with Crippen molar-refractivity contribution < 1.29 is 39.9 Å². The number of epoxide rings is 1. The zero-order chi connectivity index (χ0) is 56.5. The number of fused-ring (bicyclic) bond motifs is 3. The molecule has 0 aromatic heterocycles. The molecule has 438 valence electrons. The number of rotatable bonds is 12. The summed E-state index contributed by atoms with van der Waals surface area (Å²) in [6.45, 7) is 14.7. The number of β-amino-alcohol motifs (C(OH)–C–C–N with tert-alkyl or cyclic N) is 1. The normalized spacial score (nSPS) is 44.5. The zero-order valence-electron chi connectivity index (χ0n) is 49.6. The molecule has 20 unspecified atom stereocenters. The SMILES string of the molecule is CNCc1cc(O)cc(C2C(=O)C34CC=CC2C2(C)C3C(CC35C(CO)CCC6CCC(CO)CC6C(CC(O)C6OC6(C)C6CCCC6c6cc(N)cc(CC(C)C)c6)C6=C(CCC23)C5(C)CC6=O)NCC(C)(O)CCCC4)c1. The average molecular weight is 1100 g/mol. The molecule has 0 amide bonds. The third-order valence-corrected chi connectivity index (χ3v) is 25.1. The van der Waals surface area contributed by atoms with E-state index in [1.807, 2.05) is 20.0 Å². The predicted octanol–water partition coefficient (Wildman–Crippen LogP) is 10.6. The van der Waals surface area contributed by atoms with Crippen LogP contribution in [-0.2, 0) is 27.3 Å². The molecular weight excluding hydrogens is 999 g/mol. The van der Waals surface area contributed by atoms with Crippen LogP contribution < -0.4 is 16.4 Å². The molecule has 0 radical (unpaired) electrons. The molecule has 2 aromatic carbocycles. The average Bonchev–Trinajstić information content (AvgIpc) is 1.19. The molecule has 2 heterocycles. The van der Waals surface area contributed by atoms with Gasteiger partial charge in [0.2, 0.25) is 0 Å². The van der Waals surface area contributed by atoms with E-state index in [2.05, 4.69) is 81.7 Å². The summed E-state index contributed by atoms with van der Waals surface area (Å²) in [6, 6.07) is 12.3. The van der Waals surface area contributed by atoms with E-state index < -0.39 is 44.9 Å². The Bertz CT molecular complexity index is 2770. The first-order valence-corrected chi connectivity index (χ1v) is 32.0. The Kier molecular flexibility index (Phi) is 15.0. The second-order valence-corrected chi connectivity index (χ2v) is 29.9. The first-order valence-electron chi connectivity index (χ1n) is 32.0. The molecule has 2 aliphatic heterocycles. The van der Waals surface area contributed by atoms with Crippen LogP contribution in [-0.4, -0.2) is 93.4 Å². The van der Waals surface area contributed by atoms with Gasteiger partial charge in [-0.05, 0) is 245 Å². The fourth-order valence-electron chi connectivity index (χ4n) is 22.1. The number of phenols is 1. The van der Waals surface area contributed by atoms with Crippen molar-refractivity contribution in [3.63, 3.8) is 0 Å². The largest absolute Gasteiger partial charge is 0.508 e. The van der Waals surface area contributed by atoms with E-state index in [1.54, 1.807) is 6.07 Å². The van der Waals surface area contributed by atoms with Gasteiger partial charge in [-0.25, -0.2) is 0 Å². The van der Waals surface area contributed by atoms with E-state index in [1.165, 1.54) is 16.7 Å². The van der Waals surface area contributed by atoms with Gasteiger partial charge in [0, 0.05) is 55.3 Å². The monoisotopic (exact) mass is 1100 g/mol. The topological polar surface area (TPSA) is 198 Å². The van der Waals surface area contributed by atoms with Gasteiger partial charge >= 0.3 is 0 Å². The summed E-state index contributed by atoms with van der Waals surface area (Å²) in [5.74, 6) is 1.01. The van der Waals surface area contributed by atoms with Gasteiger partial charge in [-0.3, -0.25) is 9.59 Å². The highest BCUT2D eigenvalue weighted by Crippen LogP contribution is 2.80. The predicted molar refractivity (Wildman–Crippen MR) is 313 cm³/mol. The van der Waals surface area contributed by atoms with Crippen molar-refractivity contribution in [2.45, 2.75) is 211 Å². The third-order valence-electron chi connectivity index (χ3n) is 25.1. The van der Waals surface area contributed by atoms with Crippen LogP contribution in [0.25, 0.3) is 0 Å². The highest BCUT2D eigenvalue weighted by molar-refractivity contribution is 6.01. The number of hydrogen-bond donors (Lipinski definition) is 8. The Labute approximate surface area is 478 Å². The lowest BCUT2D eigenvalue weighted by Crippen LogP contribution is -2.74. The van der Waals surface area contributed by atoms with Gasteiger partial charge in [0.15, 0.2) is 5.78 Å². The number of nitrogens with two attached hydrogens (primary N) is 1. The summed E-state index contributed by atoms with van der Waals surface area (Å²) in [5, 5.41) is 67.3. The van der Waals surface area contributed by atoms with Gasteiger partial charge in [-0.15, -0.1) is 0 Å². The molecule has 20 atom stereocenters. The van der Waals surface area contributed by atoms with Crippen LogP contribution >= 0.6 is 0 Å². The lowest BCUT2D eigenvalue weighted by Gasteiger charge is -2.74. The summed E-state index contributed by atoms with van der Waals surface area (Å²) in [5.41, 5.74) is 10.1. The first kappa shape index (κ1) is 57.0. The minimum atomic E-state index is -0.955. The Balaban J connectivity index is 0.979. The van der Waals surface area contributed by atoms with Crippen molar-refractivity contribution in [1.82, 2.24) is 10.6 Å². The van der Waals surface area contributed by atoms with E-state index in [4.69, 9.17) is 10.5 Å². The molecule has 11 heteroatoms. The Hall–Kier alpha value is -3.42. The van der Waals surface area contributed by atoms with E-state index in [0.29, 0.717) is 51.1 Å². The van der Waals surface area contributed by atoms with Gasteiger partial charge in [-0.1, -0.05) is 76.8 Å². The van der Waals surface area contributed by atoms with Crippen molar-refractivity contribution in [2.75, 3.05) is 32.5 Å². The minimum Gasteiger partial charge on any atom is -0.508 e. The number of aromatic hydroxyl groups is 1. The van der Waals surface area contributed by atoms with Crippen LogP contribution in [0.4, 0.5) is 5.69 Å². The lowest BCUT2D eigenvalue weighted by atomic mass is 9.29. The van der Waals surface area contributed by atoms with Crippen LogP contribution in [0.3, 0.4) is 0 Å². The van der Waals surface area contributed by atoms with E-state index in [9.17, 15) is 25.5 Å². The van der Waals surface area contributed by atoms with E-state index in [0.717, 1.165) is 112 Å². The Morgan fingerprint density at radius 1 is 0.887 bits per heavy atom. The van der Waals surface area contributed by atoms with Crippen LogP contribution in [0, 0.1) is 80.8 Å². The fourth-order valence-corrected chi connectivity index (χ4v) is 22.1. The molecule has 11 aliphatic rings. The van der Waals surface area contributed by atoms with Crippen molar-refractivity contribution in [3.05, 3.63) is 82.0 Å². The number of benzene rings is 2. The van der Waals surface area contributed by atoms with Crippen molar-refractivity contribution in [2.24, 2.45) is 80.8 Å². The Morgan fingerprint density at radius 2 is 1.66 bits per heavy atom. The van der Waals surface area contributed by atoms with E-state index >= 15 is 9.59 Å². The van der Waals surface area contributed by atoms with Crippen LogP contribution in [0.5, 0.6) is 5.75 Å². The van der Waals surface area contributed by atoms with Crippen LogP contribution in [0.15, 0.2) is 59.7 Å². The van der Waals surface area contributed by atoms with Gasteiger partial charge in [0.05, 0.1) is 23.2 Å². The van der Waals surface area contributed by atoms with Crippen LogP contribution in [0.2, 0.25) is 0 Å². The number of hydrogen-bond acceptors (Lipinski definition) is 11. The van der Waals surface area contributed by atoms with Crippen molar-refractivity contribution in [3.8, 4) is 5.75 Å². The number of aliphatic hydroxyl groups is 4. The molecule has 11 nitrogen and oxygen atoms in total. The maximum Gasteiger partial charge on any atom is 0.160 e. The molecule has 13 rings (SSSR count). The second-order valence-electron chi connectivity index (χ2n) is 29.9. The molecular formula is C69H99N3O8. The minimum absolute atomic E-state index is 0.00477. The summed E-state index contributed by atoms with van der Waals surface area (Å²) < 4.78 is 6.89. The number of nitrogens with one attached hydrogen (secondary N) is 2. The number of ether oxygens (including phenoxy) is 1. The van der Waals surface area contributed by atoms with Crippen molar-refractivity contribution >= 4 is 17.3 Å². The third kappa shape index (κ3) is 8.94. The highest BCUT2D eigenvalue weighted by atomic mass is 16.6. The smallest absolute Gasteiger partial charge is 0.160 e. The molecule has 80 heavy (non-hydrogen) atoms. The zero-order valence-corrected chi connectivity index (χ0v) is 49.6. The molecule has 6 bridgehead atoms. The standard InChI is InChI=1S/C69H99N3O8/c1-39(2)24-41-25-44(30-47(70)27-41)49-12-10-13-52(49)67(6)63(80-67)56(76)32-51-50-29-40(36-73)15-16-43(50)17-18-46(37-74)69-33-55-61-66(5,58(69)20-19-53-60(51)57(77)34-65(53,69)4)54-14-11-23-68(61,22-9-8-21-64(3,79)38-72-55)62(78)59(54)45-26-42(35-71-7)28-48(75)31-45/h11,14,25-28,30-31,39-40,43,46,49-52,54-56,58-59,61,63,71-76,79H,8-10,12-13,15-24,29,32-38,70H2,1-7H3. The number of allylic oxidation sites excluding steroid dienone is 4. The molecule has 7 fully saturated rings. The molecule has 2 aromatic rings. The Morgan fingerprint density at radius 3 is 2.42 bits per heavy atom. The quantitative estimate of drug-likeness (QED) is 0.0572. The first-order chi connectivity index (χ1) is 38.2. The summed E-state index contributed by atoms with van der Waals surface area (Å²) >= 11 is 0. The second kappa shape index (κ2) is 21.0. The number of aliphatic hydroxyl groups excluding tert-OH is 3. The summed E-state index contributed by atoms with van der Waals surface area (Å²) in [7, 11) is 1.91. The molecule has 9 aliphatic carbocycles. The molecule has 2 saturated heterocycles. The van der Waals surface area contributed by atoms with Gasteiger partial charge in [0.1, 0.15) is 17.6 Å². The molecule has 5 saturated carbocycles. The van der Waals surface area contributed by atoms with Gasteiger partial charge in [-0.2, -0.15) is 0 Å². The number of anilines is 1. The number of Topliss-reactive ketones (excluding diaryl/α,β-unsaturated/α-hetero) is 2. The molecule has 2 spiro atoms. The highest BCUT2D eigenvalue weighted by Gasteiger charge is 2.78. The fraction of sp³-hybridized carbons (Fsp3) is 0.739. The number of nitrogen functional groups attached to an aromatic ring is 1. The number of phenolic OH excluding ortho intramolecular Hbond substituents is 1. The van der Waals surface area contributed by atoms with Gasteiger partial charge < -0.3 is 46.6 Å². The van der Waals surface area contributed by atoms with Crippen molar-refractivity contribution in [1.29, 1.82) is 0 Å². The number of carbonyl (C=O) groups excluding carboxylic acids is 2. The summed E-state index contributed by atoms with van der Waals surface area (Å²) in [4.78, 5) is 32.3.